The van der Waals surface area contributed by atoms with E-state index in [2.05, 4.69) is 20.3 Å². The Morgan fingerprint density at radius 3 is 2.38 bits per heavy atom. The minimum absolute atomic E-state index is 0.0207. The maximum Gasteiger partial charge on any atom is 0.328 e. The SMILES string of the molecule is CCN(CC)c1nc(N)nc(NC(C(=O)OC)C(C)C)n1. The van der Waals surface area contributed by atoms with Gasteiger partial charge in [-0.3, -0.25) is 0 Å². The van der Waals surface area contributed by atoms with Crippen molar-refractivity contribution in [1.29, 1.82) is 0 Å². The Hall–Kier alpha value is -2.12. The number of hydrogen-bond acceptors (Lipinski definition) is 8. The number of nitrogen functional groups attached to an aromatic ring is 1. The molecule has 21 heavy (non-hydrogen) atoms. The van der Waals surface area contributed by atoms with E-state index in [1.54, 1.807) is 0 Å². The van der Waals surface area contributed by atoms with E-state index in [9.17, 15) is 4.79 Å². The number of rotatable bonds is 7. The smallest absolute Gasteiger partial charge is 0.328 e. The number of methoxy groups -OCH3 is 1. The van der Waals surface area contributed by atoms with Gasteiger partial charge in [-0.25, -0.2) is 4.79 Å². The first-order valence-electron chi connectivity index (χ1n) is 7.03. The Labute approximate surface area is 125 Å². The van der Waals surface area contributed by atoms with Crippen LogP contribution in [0.1, 0.15) is 27.7 Å². The molecule has 118 valence electrons. The number of ether oxygens (including phenoxy) is 1. The largest absolute Gasteiger partial charge is 0.467 e. The molecule has 0 fully saturated rings. The van der Waals surface area contributed by atoms with Gasteiger partial charge in [0.05, 0.1) is 7.11 Å². The summed E-state index contributed by atoms with van der Waals surface area (Å²) in [5, 5.41) is 2.97. The Balaban J connectivity index is 3.04. The van der Waals surface area contributed by atoms with Crippen molar-refractivity contribution in [2.75, 3.05) is 36.1 Å². The van der Waals surface area contributed by atoms with Gasteiger partial charge in [0.15, 0.2) is 0 Å². The molecule has 1 rings (SSSR count). The van der Waals surface area contributed by atoms with Crippen LogP contribution in [0.4, 0.5) is 17.8 Å². The molecule has 0 amide bonds. The van der Waals surface area contributed by atoms with Crippen LogP contribution >= 0.6 is 0 Å². The molecule has 0 radical (unpaired) electrons. The summed E-state index contributed by atoms with van der Waals surface area (Å²) in [5.41, 5.74) is 5.72. The first-order valence-corrected chi connectivity index (χ1v) is 7.03. The van der Waals surface area contributed by atoms with Crippen LogP contribution in [-0.2, 0) is 9.53 Å². The van der Waals surface area contributed by atoms with Gasteiger partial charge < -0.3 is 20.7 Å². The molecule has 0 aliphatic rings. The summed E-state index contributed by atoms with van der Waals surface area (Å²) in [6, 6.07) is -0.540. The van der Waals surface area contributed by atoms with Crippen LogP contribution in [-0.4, -0.2) is 47.2 Å². The summed E-state index contributed by atoms with van der Waals surface area (Å²) in [4.78, 5) is 26.2. The summed E-state index contributed by atoms with van der Waals surface area (Å²) in [5.74, 6) is 0.526. The summed E-state index contributed by atoms with van der Waals surface area (Å²) in [7, 11) is 1.35. The first-order chi connectivity index (χ1) is 9.92. The second-order valence-electron chi connectivity index (χ2n) is 4.88. The number of esters is 1. The van der Waals surface area contributed by atoms with Crippen LogP contribution < -0.4 is 16.0 Å². The van der Waals surface area contributed by atoms with Gasteiger partial charge in [-0.15, -0.1) is 0 Å². The molecular formula is C13H24N6O2. The summed E-state index contributed by atoms with van der Waals surface area (Å²) in [6.45, 7) is 9.33. The van der Waals surface area contributed by atoms with Crippen LogP contribution in [0.2, 0.25) is 0 Å². The van der Waals surface area contributed by atoms with E-state index >= 15 is 0 Å². The lowest BCUT2D eigenvalue weighted by Crippen LogP contribution is -2.36. The number of hydrogen-bond donors (Lipinski definition) is 2. The molecule has 3 N–H and O–H groups in total. The molecule has 1 unspecified atom stereocenters. The van der Waals surface area contributed by atoms with E-state index in [-0.39, 0.29) is 23.8 Å². The molecule has 0 saturated carbocycles. The van der Waals surface area contributed by atoms with Crippen molar-refractivity contribution in [2.45, 2.75) is 33.7 Å². The molecule has 0 aromatic carbocycles. The lowest BCUT2D eigenvalue weighted by Gasteiger charge is -2.22. The van der Waals surface area contributed by atoms with Crippen molar-refractivity contribution in [1.82, 2.24) is 15.0 Å². The molecule has 0 aliphatic heterocycles. The van der Waals surface area contributed by atoms with E-state index in [0.717, 1.165) is 13.1 Å². The van der Waals surface area contributed by atoms with E-state index in [4.69, 9.17) is 10.5 Å². The van der Waals surface area contributed by atoms with Crippen LogP contribution in [0.3, 0.4) is 0 Å². The fourth-order valence-corrected chi connectivity index (χ4v) is 1.86. The zero-order chi connectivity index (χ0) is 16.0. The third-order valence-corrected chi connectivity index (χ3v) is 3.09. The Morgan fingerprint density at radius 1 is 1.29 bits per heavy atom. The lowest BCUT2D eigenvalue weighted by molar-refractivity contribution is -0.142. The van der Waals surface area contributed by atoms with Gasteiger partial charge >= 0.3 is 5.97 Å². The fraction of sp³-hybridized carbons (Fsp3) is 0.692. The molecule has 0 aliphatic carbocycles. The van der Waals surface area contributed by atoms with Crippen molar-refractivity contribution in [3.05, 3.63) is 0 Å². The van der Waals surface area contributed by atoms with Crippen molar-refractivity contribution in [3.63, 3.8) is 0 Å². The second-order valence-corrected chi connectivity index (χ2v) is 4.88. The third kappa shape index (κ3) is 4.44. The molecule has 0 saturated heterocycles. The van der Waals surface area contributed by atoms with Crippen LogP contribution in [0.15, 0.2) is 0 Å². The van der Waals surface area contributed by atoms with Crippen molar-refractivity contribution in [2.24, 2.45) is 5.92 Å². The average molecular weight is 296 g/mol. The zero-order valence-electron chi connectivity index (χ0n) is 13.3. The quantitative estimate of drug-likeness (QED) is 0.715. The standard InChI is InChI=1S/C13H24N6O2/c1-6-19(7-2)13-17-11(14)16-12(18-13)15-9(8(3)4)10(20)21-5/h8-9H,6-7H2,1-5H3,(H3,14,15,16,17,18). The molecule has 0 spiro atoms. The molecule has 1 aromatic heterocycles. The predicted molar refractivity (Wildman–Crippen MR) is 82.1 cm³/mol. The number of nitrogens with zero attached hydrogens (tertiary/aromatic N) is 4. The highest BCUT2D eigenvalue weighted by molar-refractivity contribution is 5.78. The highest BCUT2D eigenvalue weighted by Gasteiger charge is 2.24. The highest BCUT2D eigenvalue weighted by atomic mass is 16.5. The molecule has 0 bridgehead atoms. The number of carbonyl (C=O) groups excluding carboxylic acids is 1. The van der Waals surface area contributed by atoms with Gasteiger partial charge in [-0.1, -0.05) is 13.8 Å². The van der Waals surface area contributed by atoms with E-state index < -0.39 is 6.04 Å². The summed E-state index contributed by atoms with van der Waals surface area (Å²) >= 11 is 0. The minimum atomic E-state index is -0.540. The van der Waals surface area contributed by atoms with Gasteiger partial charge in [0.1, 0.15) is 6.04 Å². The van der Waals surface area contributed by atoms with Gasteiger partial charge in [0.2, 0.25) is 17.8 Å². The van der Waals surface area contributed by atoms with Crippen LogP contribution in [0.25, 0.3) is 0 Å². The number of nitrogens with two attached hydrogens (primary N) is 1. The predicted octanol–water partition coefficient (Wildman–Crippen LogP) is 0.909. The topological polar surface area (TPSA) is 106 Å². The van der Waals surface area contributed by atoms with Gasteiger partial charge in [-0.05, 0) is 19.8 Å². The first kappa shape index (κ1) is 16.9. The number of carbonyl (C=O) groups is 1. The second kappa shape index (κ2) is 7.61. The average Bonchev–Trinajstić information content (AvgIpc) is 2.44. The molecule has 1 heterocycles. The van der Waals surface area contributed by atoms with E-state index in [1.165, 1.54) is 7.11 Å². The third-order valence-electron chi connectivity index (χ3n) is 3.09. The van der Waals surface area contributed by atoms with E-state index in [0.29, 0.717) is 5.95 Å². The molecule has 1 atom stereocenters. The van der Waals surface area contributed by atoms with Crippen LogP contribution in [0.5, 0.6) is 0 Å². The minimum Gasteiger partial charge on any atom is -0.467 e. The maximum atomic E-state index is 11.8. The van der Waals surface area contributed by atoms with Gasteiger partial charge in [-0.2, -0.15) is 15.0 Å². The summed E-state index contributed by atoms with van der Waals surface area (Å²) in [6.07, 6.45) is 0. The summed E-state index contributed by atoms with van der Waals surface area (Å²) < 4.78 is 4.78. The van der Waals surface area contributed by atoms with Gasteiger partial charge in [0.25, 0.3) is 0 Å². The van der Waals surface area contributed by atoms with Crippen LogP contribution in [0, 0.1) is 5.92 Å². The Kier molecular flexibility index (Phi) is 6.13. The van der Waals surface area contributed by atoms with Crippen molar-refractivity contribution in [3.8, 4) is 0 Å². The van der Waals surface area contributed by atoms with E-state index in [1.807, 2.05) is 32.6 Å². The molecule has 1 aromatic rings. The van der Waals surface area contributed by atoms with Crippen molar-refractivity contribution < 1.29 is 9.53 Å². The number of nitrogens with one attached hydrogen (secondary N) is 1. The van der Waals surface area contributed by atoms with Crippen molar-refractivity contribution >= 4 is 23.8 Å². The molecule has 8 heteroatoms. The molecular weight excluding hydrogens is 272 g/mol. The number of aromatic nitrogens is 3. The highest BCUT2D eigenvalue weighted by Crippen LogP contribution is 2.15. The Bertz CT molecular complexity index is 476. The van der Waals surface area contributed by atoms with Gasteiger partial charge in [0, 0.05) is 13.1 Å². The molecule has 8 nitrogen and oxygen atoms in total. The maximum absolute atomic E-state index is 11.8. The lowest BCUT2D eigenvalue weighted by atomic mass is 10.1. The zero-order valence-corrected chi connectivity index (χ0v) is 13.3. The Morgan fingerprint density at radius 2 is 1.90 bits per heavy atom. The fourth-order valence-electron chi connectivity index (χ4n) is 1.86. The normalized spacial score (nSPS) is 12.1. The monoisotopic (exact) mass is 296 g/mol. The number of anilines is 3.